The zero-order chi connectivity index (χ0) is 17.2. The Hall–Kier alpha value is -1.79. The third kappa shape index (κ3) is 2.98. The summed E-state index contributed by atoms with van der Waals surface area (Å²) in [7, 11) is 0. The highest BCUT2D eigenvalue weighted by Crippen LogP contribution is 2.41. The van der Waals surface area contributed by atoms with E-state index in [1.807, 2.05) is 0 Å². The van der Waals surface area contributed by atoms with Crippen LogP contribution in [-0.2, 0) is 19.3 Å². The van der Waals surface area contributed by atoms with Crippen molar-refractivity contribution in [3.8, 4) is 0 Å². The molecule has 6 heteroatoms. The first kappa shape index (κ1) is 16.7. The molecule has 0 amide bonds. The van der Waals surface area contributed by atoms with Crippen LogP contribution in [0.25, 0.3) is 20.4 Å². The number of aryl methyl sites for hydroxylation is 2. The van der Waals surface area contributed by atoms with Crippen molar-refractivity contribution in [1.29, 1.82) is 0 Å². The molecule has 4 rings (SSSR count). The number of aromatic nitrogens is 3. The maximum atomic E-state index is 5.07. The van der Waals surface area contributed by atoms with Gasteiger partial charge in [0.2, 0.25) is 0 Å². The molecule has 0 radical (unpaired) electrons. The second-order valence-electron chi connectivity index (χ2n) is 6.79. The number of nitrogens with one attached hydrogen (secondary N) is 1. The number of pyridine rings is 1. The maximum Gasteiger partial charge on any atom is 0.147 e. The van der Waals surface area contributed by atoms with Crippen molar-refractivity contribution < 1.29 is 5.73 Å². The third-order valence-corrected chi connectivity index (χ3v) is 6.12. The second-order valence-corrected chi connectivity index (χ2v) is 7.79. The van der Waals surface area contributed by atoms with Crippen molar-refractivity contribution >= 4 is 37.6 Å². The van der Waals surface area contributed by atoms with E-state index in [4.69, 9.17) is 4.98 Å². The van der Waals surface area contributed by atoms with Crippen molar-refractivity contribution in [2.24, 2.45) is 0 Å². The maximum absolute atomic E-state index is 5.07. The van der Waals surface area contributed by atoms with Crippen LogP contribution >= 0.6 is 11.3 Å². The van der Waals surface area contributed by atoms with E-state index >= 15 is 0 Å². The molecule has 0 saturated carbocycles. The Kier molecular flexibility index (Phi) is 4.81. The van der Waals surface area contributed by atoms with Crippen LogP contribution in [0.1, 0.15) is 49.4 Å². The Labute approximate surface area is 152 Å². The molecular formula is C19H26N5S+. The summed E-state index contributed by atoms with van der Waals surface area (Å²) in [4.78, 5) is 15.3. The number of unbranched alkanes of at least 4 members (excludes halogenated alkanes) is 1. The van der Waals surface area contributed by atoms with Crippen molar-refractivity contribution in [2.45, 2.75) is 51.9 Å². The molecule has 3 aromatic heterocycles. The number of hydrogen-bond donors (Lipinski definition) is 2. The normalized spacial score (nSPS) is 13.7. The zero-order valence-electron chi connectivity index (χ0n) is 14.9. The van der Waals surface area contributed by atoms with Crippen LogP contribution in [0.15, 0.2) is 6.33 Å². The summed E-state index contributed by atoms with van der Waals surface area (Å²) in [5.74, 6) is 0.948. The van der Waals surface area contributed by atoms with E-state index in [9.17, 15) is 0 Å². The molecule has 132 valence electrons. The van der Waals surface area contributed by atoms with E-state index in [2.05, 4.69) is 27.9 Å². The highest BCUT2D eigenvalue weighted by Gasteiger charge is 2.23. The van der Waals surface area contributed by atoms with Gasteiger partial charge in [-0.05, 0) is 43.2 Å². The van der Waals surface area contributed by atoms with Crippen molar-refractivity contribution in [1.82, 2.24) is 15.0 Å². The summed E-state index contributed by atoms with van der Waals surface area (Å²) in [5, 5.41) is 4.75. The number of quaternary nitrogens is 1. The third-order valence-electron chi connectivity index (χ3n) is 5.04. The minimum Gasteiger partial charge on any atom is -0.369 e. The fraction of sp³-hybridized carbons (Fsp3) is 0.526. The second kappa shape index (κ2) is 7.22. The Morgan fingerprint density at radius 1 is 1.20 bits per heavy atom. The molecule has 0 unspecified atom stereocenters. The van der Waals surface area contributed by atoms with Gasteiger partial charge in [-0.1, -0.05) is 13.3 Å². The SMILES string of the molecule is CCCCc1nc2sc3c(NCCC[NH3+])ncnc3c2c2c1CCC2. The lowest BCUT2D eigenvalue weighted by Crippen LogP contribution is -2.50. The van der Waals surface area contributed by atoms with Gasteiger partial charge in [0.15, 0.2) is 0 Å². The Balaban J connectivity index is 1.86. The number of hydrogen-bond acceptors (Lipinski definition) is 5. The number of rotatable bonds is 7. The van der Waals surface area contributed by atoms with Crippen molar-refractivity contribution in [3.05, 3.63) is 23.1 Å². The molecule has 0 bridgehead atoms. The van der Waals surface area contributed by atoms with Gasteiger partial charge in [0.1, 0.15) is 17.0 Å². The molecule has 1 aliphatic carbocycles. The monoisotopic (exact) mass is 356 g/mol. The van der Waals surface area contributed by atoms with Crippen LogP contribution in [0.5, 0.6) is 0 Å². The van der Waals surface area contributed by atoms with Crippen LogP contribution < -0.4 is 11.1 Å². The zero-order valence-corrected chi connectivity index (χ0v) is 15.7. The topological polar surface area (TPSA) is 78.3 Å². The Morgan fingerprint density at radius 3 is 2.92 bits per heavy atom. The summed E-state index contributed by atoms with van der Waals surface area (Å²) < 4.78 is 1.15. The van der Waals surface area contributed by atoms with Crippen LogP contribution in [0.2, 0.25) is 0 Å². The first-order chi connectivity index (χ1) is 12.3. The van der Waals surface area contributed by atoms with Crippen LogP contribution in [0.3, 0.4) is 0 Å². The van der Waals surface area contributed by atoms with Gasteiger partial charge in [-0.3, -0.25) is 0 Å². The lowest BCUT2D eigenvalue weighted by Gasteiger charge is -2.08. The molecule has 3 aromatic rings. The summed E-state index contributed by atoms with van der Waals surface area (Å²) in [6.07, 6.45) is 9.84. The minimum atomic E-state index is 0.900. The van der Waals surface area contributed by atoms with E-state index in [1.165, 1.54) is 47.9 Å². The molecule has 4 N–H and O–H groups in total. The number of thiophene rings is 1. The number of nitrogens with zero attached hydrogens (tertiary/aromatic N) is 3. The Morgan fingerprint density at radius 2 is 2.08 bits per heavy atom. The average Bonchev–Trinajstić information content (AvgIpc) is 3.24. The summed E-state index contributed by atoms with van der Waals surface area (Å²) >= 11 is 1.75. The van der Waals surface area contributed by atoms with Gasteiger partial charge in [-0.25, -0.2) is 15.0 Å². The molecule has 3 heterocycles. The fourth-order valence-electron chi connectivity index (χ4n) is 3.79. The predicted octanol–water partition coefficient (Wildman–Crippen LogP) is 3.11. The number of anilines is 1. The van der Waals surface area contributed by atoms with Crippen LogP contribution in [0, 0.1) is 0 Å². The van der Waals surface area contributed by atoms with E-state index in [0.29, 0.717) is 0 Å². The molecule has 0 aliphatic heterocycles. The largest absolute Gasteiger partial charge is 0.369 e. The summed E-state index contributed by atoms with van der Waals surface area (Å²) in [6.45, 7) is 4.08. The predicted molar refractivity (Wildman–Crippen MR) is 104 cm³/mol. The highest BCUT2D eigenvalue weighted by atomic mass is 32.1. The lowest BCUT2D eigenvalue weighted by atomic mass is 10.0. The van der Waals surface area contributed by atoms with E-state index in [-0.39, 0.29) is 0 Å². The molecule has 0 atom stereocenters. The lowest BCUT2D eigenvalue weighted by molar-refractivity contribution is -0.367. The Bertz CT molecular complexity index is 902. The summed E-state index contributed by atoms with van der Waals surface area (Å²) in [5.41, 5.74) is 9.33. The summed E-state index contributed by atoms with van der Waals surface area (Å²) in [6, 6.07) is 0. The smallest absolute Gasteiger partial charge is 0.147 e. The van der Waals surface area contributed by atoms with Crippen molar-refractivity contribution in [3.63, 3.8) is 0 Å². The molecular weight excluding hydrogens is 330 g/mol. The molecule has 1 aliphatic rings. The molecule has 0 fully saturated rings. The minimum absolute atomic E-state index is 0.900. The first-order valence-corrected chi connectivity index (χ1v) is 10.3. The standard InChI is InChI=1S/C19H25N5S/c1-2-3-8-14-12-6-4-7-13(12)15-16-17(25-19(15)24-14)18(23-11-22-16)21-10-5-9-20/h11H,2-10,20H2,1H3,(H,21,22,23)/p+1. The van der Waals surface area contributed by atoms with Gasteiger partial charge >= 0.3 is 0 Å². The molecule has 0 saturated heterocycles. The quantitative estimate of drug-likeness (QED) is 0.638. The molecule has 0 spiro atoms. The highest BCUT2D eigenvalue weighted by molar-refractivity contribution is 7.26. The molecule has 25 heavy (non-hydrogen) atoms. The average molecular weight is 357 g/mol. The van der Waals surface area contributed by atoms with Gasteiger partial charge in [0.25, 0.3) is 0 Å². The van der Waals surface area contributed by atoms with E-state index in [1.54, 1.807) is 17.7 Å². The van der Waals surface area contributed by atoms with Gasteiger partial charge in [0, 0.05) is 24.0 Å². The van der Waals surface area contributed by atoms with Crippen LogP contribution in [-0.4, -0.2) is 28.0 Å². The first-order valence-electron chi connectivity index (χ1n) is 9.44. The van der Waals surface area contributed by atoms with Crippen molar-refractivity contribution in [2.75, 3.05) is 18.4 Å². The number of fused-ring (bicyclic) bond motifs is 5. The van der Waals surface area contributed by atoms with Gasteiger partial charge < -0.3 is 11.1 Å². The molecule has 0 aromatic carbocycles. The van der Waals surface area contributed by atoms with Gasteiger partial charge in [-0.2, -0.15) is 0 Å². The van der Waals surface area contributed by atoms with E-state index in [0.717, 1.165) is 53.2 Å². The fourth-order valence-corrected chi connectivity index (χ4v) is 4.93. The van der Waals surface area contributed by atoms with Gasteiger partial charge in [0.05, 0.1) is 16.8 Å². The molecule has 5 nitrogen and oxygen atoms in total. The van der Waals surface area contributed by atoms with E-state index < -0.39 is 0 Å². The van der Waals surface area contributed by atoms with Crippen LogP contribution in [0.4, 0.5) is 5.82 Å². The van der Waals surface area contributed by atoms with Gasteiger partial charge in [-0.15, -0.1) is 11.3 Å².